The van der Waals surface area contributed by atoms with E-state index in [0.29, 0.717) is 11.8 Å². The molecule has 0 fully saturated rings. The van der Waals surface area contributed by atoms with Crippen LogP contribution >= 0.6 is 11.8 Å². The van der Waals surface area contributed by atoms with Gasteiger partial charge in [-0.2, -0.15) is 0 Å². The molecule has 0 saturated carbocycles. The number of nitrogens with one attached hydrogen (secondary N) is 1. The van der Waals surface area contributed by atoms with Gasteiger partial charge in [0.15, 0.2) is 5.17 Å². The third kappa shape index (κ3) is 3.93. The zero-order valence-corrected chi connectivity index (χ0v) is 12.7. The first-order chi connectivity index (χ1) is 9.22. The Morgan fingerprint density at radius 2 is 2.11 bits per heavy atom. The minimum Gasteiger partial charge on any atom is -0.359 e. The Morgan fingerprint density at radius 1 is 1.32 bits per heavy atom. The van der Waals surface area contributed by atoms with Crippen LogP contribution < -0.4 is 5.32 Å². The summed E-state index contributed by atoms with van der Waals surface area (Å²) < 4.78 is 0. The van der Waals surface area contributed by atoms with Crippen LogP contribution in [0.4, 0.5) is 0 Å². The summed E-state index contributed by atoms with van der Waals surface area (Å²) in [7, 11) is 0. The molecule has 4 nitrogen and oxygen atoms in total. The summed E-state index contributed by atoms with van der Waals surface area (Å²) in [5, 5.41) is 5.06. The van der Waals surface area contributed by atoms with Crippen molar-refractivity contribution in [2.45, 2.75) is 45.4 Å². The normalized spacial score (nSPS) is 18.7. The van der Waals surface area contributed by atoms with E-state index in [-0.39, 0.29) is 0 Å². The van der Waals surface area contributed by atoms with Crippen LogP contribution in [0.15, 0.2) is 17.4 Å². The van der Waals surface area contributed by atoms with Crippen LogP contribution in [0, 0.1) is 12.8 Å². The molecular formula is C14H22N4S. The van der Waals surface area contributed by atoms with Crippen LogP contribution in [0.3, 0.4) is 0 Å². The molecule has 1 unspecified atom stereocenters. The topological polar surface area (TPSA) is 50.2 Å². The largest absolute Gasteiger partial charge is 0.359 e. The molecule has 2 heterocycles. The van der Waals surface area contributed by atoms with Crippen LogP contribution in [0.2, 0.25) is 0 Å². The summed E-state index contributed by atoms with van der Waals surface area (Å²) >= 11 is 1.88. The lowest BCUT2D eigenvalue weighted by molar-refractivity contribution is 0.479. The number of amidine groups is 1. The Hall–Kier alpha value is -1.10. The lowest BCUT2D eigenvalue weighted by Crippen LogP contribution is -2.21. The van der Waals surface area contributed by atoms with E-state index in [2.05, 4.69) is 34.1 Å². The second-order valence-electron chi connectivity index (χ2n) is 4.88. The van der Waals surface area contributed by atoms with Crippen molar-refractivity contribution in [3.63, 3.8) is 0 Å². The second-order valence-corrected chi connectivity index (χ2v) is 6.11. The fourth-order valence-electron chi connectivity index (χ4n) is 2.22. The van der Waals surface area contributed by atoms with E-state index < -0.39 is 0 Å². The van der Waals surface area contributed by atoms with Crippen molar-refractivity contribution in [3.05, 3.63) is 23.8 Å². The molecule has 0 aliphatic carbocycles. The summed E-state index contributed by atoms with van der Waals surface area (Å²) in [5.74, 6) is 0.771. The SMILES string of the molecule is CCC(CC)C1CN=C(NCc2cnc(C)cn2)S1. The number of hydrogen-bond donors (Lipinski definition) is 1. The van der Waals surface area contributed by atoms with E-state index >= 15 is 0 Å². The van der Waals surface area contributed by atoms with E-state index in [4.69, 9.17) is 0 Å². The van der Waals surface area contributed by atoms with E-state index in [0.717, 1.165) is 29.0 Å². The first-order valence-corrected chi connectivity index (χ1v) is 7.83. The highest BCUT2D eigenvalue weighted by molar-refractivity contribution is 8.14. The monoisotopic (exact) mass is 278 g/mol. The van der Waals surface area contributed by atoms with Crippen molar-refractivity contribution in [2.75, 3.05) is 6.54 Å². The van der Waals surface area contributed by atoms with Gasteiger partial charge in [-0.3, -0.25) is 15.0 Å². The van der Waals surface area contributed by atoms with Gasteiger partial charge in [0.05, 0.1) is 30.7 Å². The number of aromatic nitrogens is 2. The smallest absolute Gasteiger partial charge is 0.157 e. The van der Waals surface area contributed by atoms with Crippen LogP contribution in [0.25, 0.3) is 0 Å². The zero-order chi connectivity index (χ0) is 13.7. The van der Waals surface area contributed by atoms with Crippen LogP contribution in [0.1, 0.15) is 38.1 Å². The predicted octanol–water partition coefficient (Wildman–Crippen LogP) is 2.78. The van der Waals surface area contributed by atoms with Gasteiger partial charge in [-0.15, -0.1) is 0 Å². The van der Waals surface area contributed by atoms with Gasteiger partial charge in [0.1, 0.15) is 0 Å². The van der Waals surface area contributed by atoms with Crippen LogP contribution in [-0.4, -0.2) is 26.9 Å². The molecule has 1 aliphatic heterocycles. The van der Waals surface area contributed by atoms with Crippen molar-refractivity contribution < 1.29 is 0 Å². The molecule has 1 aromatic heterocycles. The molecule has 1 N–H and O–H groups in total. The van der Waals surface area contributed by atoms with Crippen molar-refractivity contribution in [1.29, 1.82) is 0 Å². The highest BCUT2D eigenvalue weighted by Crippen LogP contribution is 2.30. The number of hydrogen-bond acceptors (Lipinski definition) is 5. The van der Waals surface area contributed by atoms with Crippen molar-refractivity contribution >= 4 is 16.9 Å². The quantitative estimate of drug-likeness (QED) is 0.900. The van der Waals surface area contributed by atoms with Gasteiger partial charge < -0.3 is 5.32 Å². The molecule has 0 bridgehead atoms. The van der Waals surface area contributed by atoms with E-state index in [1.165, 1.54) is 12.8 Å². The molecule has 1 aliphatic rings. The molecular weight excluding hydrogens is 256 g/mol. The molecule has 19 heavy (non-hydrogen) atoms. The molecule has 104 valence electrons. The molecule has 5 heteroatoms. The number of thioether (sulfide) groups is 1. The zero-order valence-electron chi connectivity index (χ0n) is 11.9. The highest BCUT2D eigenvalue weighted by Gasteiger charge is 2.25. The van der Waals surface area contributed by atoms with Crippen molar-refractivity contribution in [2.24, 2.45) is 10.9 Å². The minimum absolute atomic E-state index is 0.640. The summed E-state index contributed by atoms with van der Waals surface area (Å²) in [5.41, 5.74) is 1.91. The van der Waals surface area contributed by atoms with Gasteiger partial charge in [-0.1, -0.05) is 38.5 Å². The molecule has 0 radical (unpaired) electrons. The minimum atomic E-state index is 0.640. The molecule has 2 rings (SSSR count). The first kappa shape index (κ1) is 14.3. The predicted molar refractivity (Wildman–Crippen MR) is 81.4 cm³/mol. The summed E-state index contributed by atoms with van der Waals surface area (Å²) in [6.45, 7) is 8.12. The lowest BCUT2D eigenvalue weighted by Gasteiger charge is -2.18. The Balaban J connectivity index is 1.80. The van der Waals surface area contributed by atoms with E-state index in [1.54, 1.807) is 6.20 Å². The first-order valence-electron chi connectivity index (χ1n) is 6.95. The molecule has 1 atom stereocenters. The van der Waals surface area contributed by atoms with Crippen LogP contribution in [0.5, 0.6) is 0 Å². The summed E-state index contributed by atoms with van der Waals surface area (Å²) in [6.07, 6.45) is 6.09. The summed E-state index contributed by atoms with van der Waals surface area (Å²) in [4.78, 5) is 13.2. The average Bonchev–Trinajstić information content (AvgIpc) is 2.88. The van der Waals surface area contributed by atoms with Gasteiger partial charge in [0.2, 0.25) is 0 Å². The van der Waals surface area contributed by atoms with Crippen LogP contribution in [-0.2, 0) is 6.54 Å². The van der Waals surface area contributed by atoms with Gasteiger partial charge >= 0.3 is 0 Å². The van der Waals surface area contributed by atoms with Gasteiger partial charge in [0, 0.05) is 11.4 Å². The Morgan fingerprint density at radius 3 is 2.74 bits per heavy atom. The lowest BCUT2D eigenvalue weighted by atomic mass is 9.99. The molecule has 0 saturated heterocycles. The number of rotatable bonds is 5. The van der Waals surface area contributed by atoms with Gasteiger partial charge in [-0.25, -0.2) is 0 Å². The fraction of sp³-hybridized carbons (Fsp3) is 0.643. The van der Waals surface area contributed by atoms with Crippen molar-refractivity contribution in [1.82, 2.24) is 15.3 Å². The maximum atomic E-state index is 4.59. The number of aliphatic imine (C=N–C) groups is 1. The van der Waals surface area contributed by atoms with Crippen molar-refractivity contribution in [3.8, 4) is 0 Å². The molecule has 1 aromatic rings. The standard InChI is InChI=1S/C14H22N4S/c1-4-11(5-2)13-9-18-14(19-13)17-8-12-7-15-10(3)6-16-12/h6-7,11,13H,4-5,8-9H2,1-3H3,(H,17,18). The number of aryl methyl sites for hydroxylation is 1. The van der Waals surface area contributed by atoms with E-state index in [9.17, 15) is 0 Å². The molecule has 0 amide bonds. The number of nitrogens with zero attached hydrogens (tertiary/aromatic N) is 3. The third-order valence-electron chi connectivity index (χ3n) is 3.51. The summed E-state index contributed by atoms with van der Waals surface area (Å²) in [6, 6.07) is 0. The Bertz CT molecular complexity index is 426. The molecule has 0 spiro atoms. The van der Waals surface area contributed by atoms with E-state index in [1.807, 2.05) is 24.9 Å². The third-order valence-corrected chi connectivity index (χ3v) is 4.84. The Kier molecular flexibility index (Phi) is 5.19. The molecule has 0 aromatic carbocycles. The van der Waals surface area contributed by atoms with Gasteiger partial charge in [-0.05, 0) is 12.8 Å². The average molecular weight is 278 g/mol. The second kappa shape index (κ2) is 6.89. The maximum Gasteiger partial charge on any atom is 0.157 e. The fourth-order valence-corrected chi connectivity index (χ4v) is 3.54. The highest BCUT2D eigenvalue weighted by atomic mass is 32.2. The van der Waals surface area contributed by atoms with Gasteiger partial charge in [0.25, 0.3) is 0 Å². The maximum absolute atomic E-state index is 4.59. The Labute approximate surface area is 119 Å².